The fraction of sp³-hybridized carbons (Fsp3) is 0.474. The highest BCUT2D eigenvalue weighted by molar-refractivity contribution is 5.83. The van der Waals surface area contributed by atoms with Crippen LogP contribution in [0.4, 0.5) is 0 Å². The topological polar surface area (TPSA) is 100 Å². The standard InChI is InChI=1S/C19H23N5O3/c1-2-16(25)21-13-8-15-18(26)20-10-14(24(15)11-13)9-17-22-23-19(27-17)12-6-4-3-5-7-12/h3-7,13-15H,2,8-11H2,1H3,(H,20,26)(H,21,25)/t13-,14+,15-/m0/s1. The highest BCUT2D eigenvalue weighted by Gasteiger charge is 2.44. The zero-order valence-electron chi connectivity index (χ0n) is 15.2. The first-order chi connectivity index (χ1) is 13.1. The first-order valence-electron chi connectivity index (χ1n) is 9.34. The maximum Gasteiger partial charge on any atom is 0.247 e. The number of amides is 2. The Kier molecular flexibility index (Phi) is 4.89. The molecule has 27 heavy (non-hydrogen) atoms. The van der Waals surface area contributed by atoms with Crippen LogP contribution in [-0.4, -0.2) is 58.1 Å². The summed E-state index contributed by atoms with van der Waals surface area (Å²) >= 11 is 0. The molecular formula is C19H23N5O3. The molecule has 0 bridgehead atoms. The van der Waals surface area contributed by atoms with Crippen molar-refractivity contribution in [1.29, 1.82) is 0 Å². The van der Waals surface area contributed by atoms with Crippen molar-refractivity contribution in [2.45, 2.75) is 44.3 Å². The van der Waals surface area contributed by atoms with E-state index >= 15 is 0 Å². The minimum atomic E-state index is -0.220. The van der Waals surface area contributed by atoms with Gasteiger partial charge in [-0.1, -0.05) is 25.1 Å². The molecule has 2 amide bonds. The van der Waals surface area contributed by atoms with Gasteiger partial charge in [0.2, 0.25) is 23.6 Å². The number of aromatic nitrogens is 2. The van der Waals surface area contributed by atoms with Crippen molar-refractivity contribution in [1.82, 2.24) is 25.7 Å². The minimum Gasteiger partial charge on any atom is -0.421 e. The van der Waals surface area contributed by atoms with Crippen molar-refractivity contribution in [3.05, 3.63) is 36.2 Å². The third-order valence-corrected chi connectivity index (χ3v) is 5.21. The van der Waals surface area contributed by atoms with E-state index in [9.17, 15) is 9.59 Å². The summed E-state index contributed by atoms with van der Waals surface area (Å²) in [4.78, 5) is 26.1. The molecule has 0 unspecified atom stereocenters. The molecule has 2 saturated heterocycles. The predicted octanol–water partition coefficient (Wildman–Crippen LogP) is 0.747. The van der Waals surface area contributed by atoms with E-state index in [4.69, 9.17) is 4.42 Å². The van der Waals surface area contributed by atoms with E-state index in [2.05, 4.69) is 25.7 Å². The van der Waals surface area contributed by atoms with Crippen LogP contribution in [0.3, 0.4) is 0 Å². The first kappa shape index (κ1) is 17.7. The maximum absolute atomic E-state index is 12.2. The average Bonchev–Trinajstić information content (AvgIpc) is 3.32. The van der Waals surface area contributed by atoms with Crippen LogP contribution in [0.15, 0.2) is 34.7 Å². The number of hydrogen-bond acceptors (Lipinski definition) is 6. The molecule has 3 atom stereocenters. The van der Waals surface area contributed by atoms with Gasteiger partial charge in [0.1, 0.15) is 0 Å². The Hall–Kier alpha value is -2.74. The monoisotopic (exact) mass is 369 g/mol. The van der Waals surface area contributed by atoms with Crippen LogP contribution in [0.1, 0.15) is 25.7 Å². The zero-order valence-corrected chi connectivity index (χ0v) is 15.2. The highest BCUT2D eigenvalue weighted by atomic mass is 16.4. The van der Waals surface area contributed by atoms with Crippen LogP contribution in [0.25, 0.3) is 11.5 Å². The number of nitrogens with zero attached hydrogens (tertiary/aromatic N) is 3. The summed E-state index contributed by atoms with van der Waals surface area (Å²) in [5.74, 6) is 1.09. The number of benzene rings is 1. The average molecular weight is 369 g/mol. The Morgan fingerprint density at radius 1 is 1.33 bits per heavy atom. The molecule has 0 radical (unpaired) electrons. The third-order valence-electron chi connectivity index (χ3n) is 5.21. The van der Waals surface area contributed by atoms with E-state index in [1.54, 1.807) is 0 Å². The first-order valence-corrected chi connectivity index (χ1v) is 9.34. The maximum atomic E-state index is 12.2. The smallest absolute Gasteiger partial charge is 0.247 e. The molecular weight excluding hydrogens is 346 g/mol. The van der Waals surface area contributed by atoms with Gasteiger partial charge in [0.15, 0.2) is 0 Å². The van der Waals surface area contributed by atoms with Crippen LogP contribution in [0.2, 0.25) is 0 Å². The van der Waals surface area contributed by atoms with Crippen molar-refractivity contribution in [3.63, 3.8) is 0 Å². The number of nitrogens with one attached hydrogen (secondary N) is 2. The van der Waals surface area contributed by atoms with Gasteiger partial charge in [0.05, 0.1) is 6.04 Å². The molecule has 1 aromatic heterocycles. The van der Waals surface area contributed by atoms with Crippen molar-refractivity contribution in [3.8, 4) is 11.5 Å². The second-order valence-electron chi connectivity index (χ2n) is 7.04. The summed E-state index contributed by atoms with van der Waals surface area (Å²) in [5, 5.41) is 14.3. The number of rotatable bonds is 5. The summed E-state index contributed by atoms with van der Waals surface area (Å²) in [7, 11) is 0. The summed E-state index contributed by atoms with van der Waals surface area (Å²) in [6.45, 7) is 3.02. The molecule has 0 spiro atoms. The Morgan fingerprint density at radius 2 is 2.15 bits per heavy atom. The second-order valence-corrected chi connectivity index (χ2v) is 7.04. The normalized spacial score (nSPS) is 25.1. The van der Waals surface area contributed by atoms with Crippen LogP contribution >= 0.6 is 0 Å². The predicted molar refractivity (Wildman–Crippen MR) is 97.6 cm³/mol. The Balaban J connectivity index is 1.45. The van der Waals surface area contributed by atoms with Gasteiger partial charge in [-0.05, 0) is 18.6 Å². The molecule has 2 fully saturated rings. The molecule has 2 aliphatic heterocycles. The zero-order chi connectivity index (χ0) is 18.8. The number of carbonyl (C=O) groups is 2. The van der Waals surface area contributed by atoms with Gasteiger partial charge in [0, 0.05) is 43.6 Å². The summed E-state index contributed by atoms with van der Waals surface area (Å²) < 4.78 is 5.83. The van der Waals surface area contributed by atoms with E-state index in [-0.39, 0.29) is 29.9 Å². The minimum absolute atomic E-state index is 0.00337. The molecule has 4 rings (SSSR count). The van der Waals surface area contributed by atoms with Crippen LogP contribution < -0.4 is 10.6 Å². The van der Waals surface area contributed by atoms with Crippen LogP contribution in [-0.2, 0) is 16.0 Å². The van der Waals surface area contributed by atoms with Gasteiger partial charge in [-0.3, -0.25) is 14.5 Å². The van der Waals surface area contributed by atoms with Crippen LogP contribution in [0, 0.1) is 0 Å². The fourth-order valence-corrected chi connectivity index (χ4v) is 3.83. The Bertz CT molecular complexity index is 822. The molecule has 0 aliphatic carbocycles. The van der Waals surface area contributed by atoms with E-state index in [0.717, 1.165) is 5.56 Å². The van der Waals surface area contributed by atoms with Gasteiger partial charge >= 0.3 is 0 Å². The Labute approximate surface area is 157 Å². The van der Waals surface area contributed by atoms with Gasteiger partial charge in [-0.2, -0.15) is 0 Å². The number of carbonyl (C=O) groups excluding carboxylic acids is 2. The van der Waals surface area contributed by atoms with Crippen LogP contribution in [0.5, 0.6) is 0 Å². The van der Waals surface area contributed by atoms with E-state index < -0.39 is 0 Å². The number of hydrogen-bond donors (Lipinski definition) is 2. The van der Waals surface area contributed by atoms with E-state index in [0.29, 0.717) is 44.1 Å². The number of piperazine rings is 1. The molecule has 142 valence electrons. The lowest BCUT2D eigenvalue weighted by Crippen LogP contribution is -2.58. The summed E-state index contributed by atoms with van der Waals surface area (Å²) in [6, 6.07) is 9.49. The van der Waals surface area contributed by atoms with E-state index in [1.807, 2.05) is 37.3 Å². The quantitative estimate of drug-likeness (QED) is 0.807. The van der Waals surface area contributed by atoms with Crippen molar-refractivity contribution in [2.75, 3.05) is 13.1 Å². The summed E-state index contributed by atoms with van der Waals surface area (Å²) in [5.41, 5.74) is 0.884. The van der Waals surface area contributed by atoms with Gasteiger partial charge in [-0.25, -0.2) is 0 Å². The van der Waals surface area contributed by atoms with Crippen molar-refractivity contribution >= 4 is 11.8 Å². The molecule has 2 N–H and O–H groups in total. The lowest BCUT2D eigenvalue weighted by atomic mass is 10.1. The fourth-order valence-electron chi connectivity index (χ4n) is 3.83. The molecule has 8 heteroatoms. The lowest BCUT2D eigenvalue weighted by Gasteiger charge is -2.36. The Morgan fingerprint density at radius 3 is 2.93 bits per heavy atom. The SMILES string of the molecule is CCC(=O)N[C@H]1C[C@H]2C(=O)NC[C@@H](Cc3nnc(-c4ccccc4)o3)N2C1. The third kappa shape index (κ3) is 3.71. The second kappa shape index (κ2) is 7.48. The molecule has 3 heterocycles. The molecule has 2 aromatic rings. The van der Waals surface area contributed by atoms with E-state index in [1.165, 1.54) is 0 Å². The van der Waals surface area contributed by atoms with Crippen molar-refractivity contribution < 1.29 is 14.0 Å². The molecule has 2 aliphatic rings. The van der Waals surface area contributed by atoms with Gasteiger partial charge in [0.25, 0.3) is 0 Å². The van der Waals surface area contributed by atoms with Gasteiger partial charge in [-0.15, -0.1) is 10.2 Å². The highest BCUT2D eigenvalue weighted by Crippen LogP contribution is 2.26. The number of fused-ring (bicyclic) bond motifs is 1. The molecule has 8 nitrogen and oxygen atoms in total. The van der Waals surface area contributed by atoms with Gasteiger partial charge < -0.3 is 15.1 Å². The lowest BCUT2D eigenvalue weighted by molar-refractivity contribution is -0.129. The summed E-state index contributed by atoms with van der Waals surface area (Å²) in [6.07, 6.45) is 1.64. The molecule has 0 saturated carbocycles. The van der Waals surface area contributed by atoms with Crippen molar-refractivity contribution in [2.24, 2.45) is 0 Å². The largest absolute Gasteiger partial charge is 0.421 e. The molecule has 1 aromatic carbocycles.